The van der Waals surface area contributed by atoms with Crippen LogP contribution in [-0.4, -0.2) is 11.9 Å². The maximum Gasteiger partial charge on any atom is 0.122 e. The monoisotopic (exact) mass is 234 g/mol. The van der Waals surface area contributed by atoms with Gasteiger partial charge in [-0.3, -0.25) is 4.90 Å². The maximum atomic E-state index is 5.64. The van der Waals surface area contributed by atoms with Crippen LogP contribution in [0.2, 0.25) is 0 Å². The molecule has 17 heavy (non-hydrogen) atoms. The Hall–Kier alpha value is -1.52. The Morgan fingerprint density at radius 2 is 1.82 bits per heavy atom. The second-order valence-electron chi connectivity index (χ2n) is 4.25. The van der Waals surface area contributed by atoms with Gasteiger partial charge in [0.25, 0.3) is 0 Å². The van der Waals surface area contributed by atoms with Crippen molar-refractivity contribution in [2.75, 3.05) is 7.05 Å². The molecular weight excluding hydrogens is 216 g/mol. The fourth-order valence-corrected chi connectivity index (χ4v) is 1.85. The molecule has 0 bridgehead atoms. The van der Waals surface area contributed by atoms with Crippen LogP contribution in [0.25, 0.3) is 0 Å². The summed E-state index contributed by atoms with van der Waals surface area (Å²) in [6.45, 7) is 4.09. The Balaban J connectivity index is 1.98. The molecule has 92 valence electrons. The average molecular weight is 234 g/mol. The molecule has 4 heteroatoms. The first-order valence-electron chi connectivity index (χ1n) is 5.67. The van der Waals surface area contributed by atoms with Gasteiger partial charge < -0.3 is 14.6 Å². The molecule has 2 aromatic rings. The van der Waals surface area contributed by atoms with Crippen molar-refractivity contribution in [3.63, 3.8) is 0 Å². The van der Waals surface area contributed by atoms with Crippen molar-refractivity contribution in [2.45, 2.75) is 26.6 Å². The highest BCUT2D eigenvalue weighted by Gasteiger charge is 2.10. The summed E-state index contributed by atoms with van der Waals surface area (Å²) in [4.78, 5) is 2.18. The number of aryl methyl sites for hydroxylation is 1. The SMILES string of the molecule is Cc1occc1CN(C)Cc1occc1CN. The molecule has 2 aromatic heterocycles. The predicted octanol–water partition coefficient (Wildman–Crippen LogP) is 2.27. The third-order valence-corrected chi connectivity index (χ3v) is 2.88. The molecule has 2 rings (SSSR count). The van der Waals surface area contributed by atoms with Gasteiger partial charge in [-0.05, 0) is 26.1 Å². The van der Waals surface area contributed by atoms with Gasteiger partial charge in [0.2, 0.25) is 0 Å². The molecule has 0 aliphatic rings. The molecule has 0 aromatic carbocycles. The Labute approximate surface area is 101 Å². The van der Waals surface area contributed by atoms with Crippen molar-refractivity contribution in [1.29, 1.82) is 0 Å². The van der Waals surface area contributed by atoms with E-state index in [1.165, 1.54) is 5.56 Å². The molecule has 0 amide bonds. The average Bonchev–Trinajstić information content (AvgIpc) is 2.89. The van der Waals surface area contributed by atoms with Gasteiger partial charge in [-0.2, -0.15) is 0 Å². The number of hydrogen-bond acceptors (Lipinski definition) is 4. The largest absolute Gasteiger partial charge is 0.469 e. The van der Waals surface area contributed by atoms with Gasteiger partial charge in [-0.15, -0.1) is 0 Å². The van der Waals surface area contributed by atoms with Crippen molar-refractivity contribution < 1.29 is 8.83 Å². The zero-order chi connectivity index (χ0) is 12.3. The zero-order valence-corrected chi connectivity index (χ0v) is 10.3. The van der Waals surface area contributed by atoms with E-state index in [0.717, 1.165) is 30.2 Å². The highest BCUT2D eigenvalue weighted by Crippen LogP contribution is 2.15. The van der Waals surface area contributed by atoms with E-state index < -0.39 is 0 Å². The van der Waals surface area contributed by atoms with Crippen LogP contribution in [-0.2, 0) is 19.6 Å². The van der Waals surface area contributed by atoms with Gasteiger partial charge in [0.15, 0.2) is 0 Å². The van der Waals surface area contributed by atoms with E-state index in [4.69, 9.17) is 14.6 Å². The van der Waals surface area contributed by atoms with Crippen molar-refractivity contribution in [3.05, 3.63) is 47.3 Å². The van der Waals surface area contributed by atoms with Crippen LogP contribution in [0.3, 0.4) is 0 Å². The van der Waals surface area contributed by atoms with E-state index in [0.29, 0.717) is 6.54 Å². The van der Waals surface area contributed by atoms with Crippen LogP contribution < -0.4 is 5.73 Å². The number of furan rings is 2. The molecule has 0 aliphatic heterocycles. The van der Waals surface area contributed by atoms with Crippen LogP contribution in [0.15, 0.2) is 33.5 Å². The molecular formula is C13H18N2O2. The number of nitrogens with zero attached hydrogens (tertiary/aromatic N) is 1. The van der Waals surface area contributed by atoms with Crippen molar-refractivity contribution >= 4 is 0 Å². The summed E-state index contributed by atoms with van der Waals surface area (Å²) in [5.74, 6) is 1.91. The number of nitrogens with two attached hydrogens (primary N) is 1. The quantitative estimate of drug-likeness (QED) is 0.862. The van der Waals surface area contributed by atoms with Gasteiger partial charge >= 0.3 is 0 Å². The van der Waals surface area contributed by atoms with Crippen molar-refractivity contribution in [2.24, 2.45) is 5.73 Å². The summed E-state index contributed by atoms with van der Waals surface area (Å²) >= 11 is 0. The van der Waals surface area contributed by atoms with Crippen LogP contribution in [0.4, 0.5) is 0 Å². The molecule has 4 nitrogen and oxygen atoms in total. The van der Waals surface area contributed by atoms with E-state index in [9.17, 15) is 0 Å². The Bertz CT molecular complexity index is 473. The first kappa shape index (κ1) is 12.0. The minimum atomic E-state index is 0.518. The van der Waals surface area contributed by atoms with E-state index >= 15 is 0 Å². The van der Waals surface area contributed by atoms with Gasteiger partial charge in [-0.1, -0.05) is 0 Å². The Morgan fingerprint density at radius 1 is 1.12 bits per heavy atom. The third-order valence-electron chi connectivity index (χ3n) is 2.88. The van der Waals surface area contributed by atoms with E-state index in [2.05, 4.69) is 11.9 Å². The maximum absolute atomic E-state index is 5.64. The molecule has 0 saturated heterocycles. The van der Waals surface area contributed by atoms with Crippen LogP contribution >= 0.6 is 0 Å². The Morgan fingerprint density at radius 3 is 2.47 bits per heavy atom. The number of rotatable bonds is 5. The molecule has 0 spiro atoms. The second-order valence-corrected chi connectivity index (χ2v) is 4.25. The Kier molecular flexibility index (Phi) is 3.66. The minimum Gasteiger partial charge on any atom is -0.469 e. The van der Waals surface area contributed by atoms with E-state index in [1.807, 2.05) is 19.1 Å². The first-order chi connectivity index (χ1) is 8.20. The van der Waals surface area contributed by atoms with Gasteiger partial charge in [0.1, 0.15) is 11.5 Å². The van der Waals surface area contributed by atoms with E-state index in [-0.39, 0.29) is 0 Å². The topological polar surface area (TPSA) is 55.5 Å². The predicted molar refractivity (Wildman–Crippen MR) is 65.2 cm³/mol. The summed E-state index contributed by atoms with van der Waals surface area (Å²) in [7, 11) is 2.05. The highest BCUT2D eigenvalue weighted by molar-refractivity contribution is 5.18. The lowest BCUT2D eigenvalue weighted by Gasteiger charge is -2.15. The number of hydrogen-bond donors (Lipinski definition) is 1. The molecule has 2 N–H and O–H groups in total. The van der Waals surface area contributed by atoms with Crippen LogP contribution in [0.1, 0.15) is 22.6 Å². The molecule has 2 heterocycles. The molecule has 0 saturated carbocycles. The fraction of sp³-hybridized carbons (Fsp3) is 0.385. The van der Waals surface area contributed by atoms with Gasteiger partial charge in [0, 0.05) is 24.2 Å². The van der Waals surface area contributed by atoms with Crippen molar-refractivity contribution in [1.82, 2.24) is 4.90 Å². The fourth-order valence-electron chi connectivity index (χ4n) is 1.85. The molecule has 0 radical (unpaired) electrons. The summed E-state index contributed by atoms with van der Waals surface area (Å²) in [6, 6.07) is 3.92. The van der Waals surface area contributed by atoms with Crippen LogP contribution in [0.5, 0.6) is 0 Å². The highest BCUT2D eigenvalue weighted by atomic mass is 16.3. The molecule has 0 aliphatic carbocycles. The van der Waals surface area contributed by atoms with Gasteiger partial charge in [0.05, 0.1) is 19.1 Å². The summed E-state index contributed by atoms with van der Waals surface area (Å²) < 4.78 is 10.7. The smallest absolute Gasteiger partial charge is 0.122 e. The zero-order valence-electron chi connectivity index (χ0n) is 10.3. The molecule has 0 fully saturated rings. The lowest BCUT2D eigenvalue weighted by Crippen LogP contribution is -2.18. The van der Waals surface area contributed by atoms with Crippen LogP contribution in [0, 0.1) is 6.92 Å². The van der Waals surface area contributed by atoms with Gasteiger partial charge in [-0.25, -0.2) is 0 Å². The normalized spacial score (nSPS) is 11.3. The first-order valence-corrected chi connectivity index (χ1v) is 5.67. The van der Waals surface area contributed by atoms with Crippen molar-refractivity contribution in [3.8, 4) is 0 Å². The molecule has 0 unspecified atom stereocenters. The lowest BCUT2D eigenvalue weighted by atomic mass is 10.2. The summed E-state index contributed by atoms with van der Waals surface area (Å²) in [6.07, 6.45) is 3.41. The second kappa shape index (κ2) is 5.21. The van der Waals surface area contributed by atoms with E-state index in [1.54, 1.807) is 12.5 Å². The summed E-state index contributed by atoms with van der Waals surface area (Å²) in [5.41, 5.74) is 7.91. The molecule has 0 atom stereocenters. The standard InChI is InChI=1S/C13H18N2O2/c1-10-12(4-5-16-10)8-15(2)9-13-11(7-14)3-6-17-13/h3-6H,7-9,14H2,1-2H3. The third kappa shape index (κ3) is 2.78. The minimum absolute atomic E-state index is 0.518. The summed E-state index contributed by atoms with van der Waals surface area (Å²) in [5, 5.41) is 0. The lowest BCUT2D eigenvalue weighted by molar-refractivity contribution is 0.284.